The van der Waals surface area contributed by atoms with E-state index in [4.69, 9.17) is 0 Å². The van der Waals surface area contributed by atoms with Crippen molar-refractivity contribution >= 4 is 5.91 Å². The number of carbonyl (C=O) groups excluding carboxylic acids is 1. The molecule has 86 valence electrons. The SMILES string of the molecule is O=C(CCNC1CC1)NC1(CO)CCC1. The topological polar surface area (TPSA) is 61.4 Å². The normalized spacial score (nSPS) is 23.3. The molecule has 2 aliphatic rings. The van der Waals surface area contributed by atoms with Crippen LogP contribution in [0.15, 0.2) is 0 Å². The maximum Gasteiger partial charge on any atom is 0.221 e. The number of hydrogen-bond acceptors (Lipinski definition) is 3. The van der Waals surface area contributed by atoms with Crippen LogP contribution in [0.3, 0.4) is 0 Å². The first kappa shape index (κ1) is 10.9. The summed E-state index contributed by atoms with van der Waals surface area (Å²) in [6.07, 6.45) is 5.99. The number of amides is 1. The molecule has 2 saturated carbocycles. The van der Waals surface area contributed by atoms with E-state index in [1.54, 1.807) is 0 Å². The molecule has 4 nitrogen and oxygen atoms in total. The Hall–Kier alpha value is -0.610. The minimum Gasteiger partial charge on any atom is -0.394 e. The van der Waals surface area contributed by atoms with Crippen LogP contribution in [0.5, 0.6) is 0 Å². The monoisotopic (exact) mass is 212 g/mol. The van der Waals surface area contributed by atoms with E-state index < -0.39 is 0 Å². The Bertz CT molecular complexity index is 229. The zero-order valence-corrected chi connectivity index (χ0v) is 9.09. The van der Waals surface area contributed by atoms with E-state index in [2.05, 4.69) is 10.6 Å². The van der Waals surface area contributed by atoms with Crippen LogP contribution in [0.4, 0.5) is 0 Å². The van der Waals surface area contributed by atoms with E-state index in [1.165, 1.54) is 12.8 Å². The Kier molecular flexibility index (Phi) is 3.26. The molecule has 2 fully saturated rings. The number of rotatable bonds is 6. The number of nitrogens with one attached hydrogen (secondary N) is 2. The predicted octanol–water partition coefficient (Wildman–Crippen LogP) is 0.160. The fourth-order valence-electron chi connectivity index (χ4n) is 1.96. The van der Waals surface area contributed by atoms with Crippen molar-refractivity contribution in [2.75, 3.05) is 13.2 Å². The van der Waals surface area contributed by atoms with Gasteiger partial charge in [-0.3, -0.25) is 4.79 Å². The molecule has 0 atom stereocenters. The van der Waals surface area contributed by atoms with Crippen molar-refractivity contribution in [2.45, 2.75) is 50.1 Å². The summed E-state index contributed by atoms with van der Waals surface area (Å²) in [5, 5.41) is 15.4. The molecule has 15 heavy (non-hydrogen) atoms. The van der Waals surface area contributed by atoms with Crippen LogP contribution in [0, 0.1) is 0 Å². The van der Waals surface area contributed by atoms with Gasteiger partial charge in [0, 0.05) is 19.0 Å². The van der Waals surface area contributed by atoms with Crippen LogP contribution in [-0.2, 0) is 4.79 Å². The van der Waals surface area contributed by atoms with Gasteiger partial charge in [0.25, 0.3) is 0 Å². The summed E-state index contributed by atoms with van der Waals surface area (Å²) in [7, 11) is 0. The van der Waals surface area contributed by atoms with Crippen LogP contribution in [0.1, 0.15) is 38.5 Å². The largest absolute Gasteiger partial charge is 0.394 e. The van der Waals surface area contributed by atoms with Crippen LogP contribution < -0.4 is 10.6 Å². The molecular formula is C11H20N2O2. The minimum absolute atomic E-state index is 0.0666. The molecule has 0 heterocycles. The molecular weight excluding hydrogens is 192 g/mol. The zero-order valence-electron chi connectivity index (χ0n) is 9.09. The lowest BCUT2D eigenvalue weighted by atomic mass is 9.77. The van der Waals surface area contributed by atoms with E-state index in [0.29, 0.717) is 12.5 Å². The van der Waals surface area contributed by atoms with Gasteiger partial charge in [0.2, 0.25) is 5.91 Å². The lowest BCUT2D eigenvalue weighted by molar-refractivity contribution is -0.124. The summed E-state index contributed by atoms with van der Waals surface area (Å²) < 4.78 is 0. The molecule has 0 radical (unpaired) electrons. The molecule has 0 bridgehead atoms. The van der Waals surface area contributed by atoms with Gasteiger partial charge in [-0.1, -0.05) is 0 Å². The second-order valence-corrected chi connectivity index (χ2v) is 4.82. The van der Waals surface area contributed by atoms with E-state index in [1.807, 2.05) is 0 Å². The number of aliphatic hydroxyl groups excluding tert-OH is 1. The van der Waals surface area contributed by atoms with Crippen molar-refractivity contribution < 1.29 is 9.90 Å². The third-order valence-electron chi connectivity index (χ3n) is 3.38. The lowest BCUT2D eigenvalue weighted by Gasteiger charge is -2.41. The number of carbonyl (C=O) groups is 1. The molecule has 0 aromatic rings. The number of hydrogen-bond donors (Lipinski definition) is 3. The van der Waals surface area contributed by atoms with Crippen molar-refractivity contribution in [2.24, 2.45) is 0 Å². The van der Waals surface area contributed by atoms with Crippen LogP contribution in [-0.4, -0.2) is 35.7 Å². The first-order valence-corrected chi connectivity index (χ1v) is 5.89. The smallest absolute Gasteiger partial charge is 0.221 e. The van der Waals surface area contributed by atoms with Gasteiger partial charge in [-0.25, -0.2) is 0 Å². The van der Waals surface area contributed by atoms with Crippen molar-refractivity contribution in [3.63, 3.8) is 0 Å². The van der Waals surface area contributed by atoms with Crippen molar-refractivity contribution in [1.82, 2.24) is 10.6 Å². The fourth-order valence-corrected chi connectivity index (χ4v) is 1.96. The predicted molar refractivity (Wildman–Crippen MR) is 57.5 cm³/mol. The van der Waals surface area contributed by atoms with Gasteiger partial charge in [0.05, 0.1) is 12.1 Å². The van der Waals surface area contributed by atoms with Gasteiger partial charge < -0.3 is 15.7 Å². The first-order valence-electron chi connectivity index (χ1n) is 5.89. The highest BCUT2D eigenvalue weighted by atomic mass is 16.3. The molecule has 2 rings (SSSR count). The molecule has 3 N–H and O–H groups in total. The van der Waals surface area contributed by atoms with Gasteiger partial charge >= 0.3 is 0 Å². The summed E-state index contributed by atoms with van der Waals surface area (Å²) in [5.41, 5.74) is -0.281. The Balaban J connectivity index is 1.62. The highest BCUT2D eigenvalue weighted by Gasteiger charge is 2.37. The van der Waals surface area contributed by atoms with Crippen molar-refractivity contribution in [3.8, 4) is 0 Å². The molecule has 2 aliphatic carbocycles. The van der Waals surface area contributed by atoms with E-state index in [-0.39, 0.29) is 18.1 Å². The number of aliphatic hydroxyl groups is 1. The Morgan fingerprint density at radius 1 is 1.40 bits per heavy atom. The Labute approximate surface area is 90.4 Å². The van der Waals surface area contributed by atoms with Gasteiger partial charge in [0.15, 0.2) is 0 Å². The highest BCUT2D eigenvalue weighted by Crippen LogP contribution is 2.31. The van der Waals surface area contributed by atoms with Crippen LogP contribution in [0.25, 0.3) is 0 Å². The zero-order chi connectivity index (χ0) is 10.7. The molecule has 4 heteroatoms. The summed E-state index contributed by atoms with van der Waals surface area (Å²) >= 11 is 0. The lowest BCUT2D eigenvalue weighted by Crippen LogP contribution is -2.56. The van der Waals surface area contributed by atoms with Gasteiger partial charge in [-0.2, -0.15) is 0 Å². The summed E-state index contributed by atoms with van der Waals surface area (Å²) in [6.45, 7) is 0.840. The Morgan fingerprint density at radius 2 is 2.13 bits per heavy atom. The van der Waals surface area contributed by atoms with Crippen molar-refractivity contribution in [3.05, 3.63) is 0 Å². The third-order valence-corrected chi connectivity index (χ3v) is 3.38. The molecule has 0 unspecified atom stereocenters. The second kappa shape index (κ2) is 4.49. The van der Waals surface area contributed by atoms with E-state index in [0.717, 1.165) is 25.8 Å². The van der Waals surface area contributed by atoms with Crippen LogP contribution >= 0.6 is 0 Å². The molecule has 0 aromatic carbocycles. The summed E-state index contributed by atoms with van der Waals surface area (Å²) in [5.74, 6) is 0.0666. The van der Waals surface area contributed by atoms with Crippen molar-refractivity contribution in [1.29, 1.82) is 0 Å². The molecule has 0 spiro atoms. The van der Waals surface area contributed by atoms with Gasteiger partial charge in [-0.05, 0) is 32.1 Å². The maximum absolute atomic E-state index is 11.6. The average Bonchev–Trinajstić information content (AvgIpc) is 2.95. The summed E-state index contributed by atoms with van der Waals surface area (Å²) in [6, 6.07) is 0.660. The molecule has 0 aromatic heterocycles. The molecule has 0 aliphatic heterocycles. The molecule has 0 saturated heterocycles. The Morgan fingerprint density at radius 3 is 2.60 bits per heavy atom. The highest BCUT2D eigenvalue weighted by molar-refractivity contribution is 5.77. The van der Waals surface area contributed by atoms with E-state index in [9.17, 15) is 9.90 Å². The van der Waals surface area contributed by atoms with E-state index >= 15 is 0 Å². The maximum atomic E-state index is 11.6. The van der Waals surface area contributed by atoms with Gasteiger partial charge in [0.1, 0.15) is 0 Å². The molecule has 1 amide bonds. The quantitative estimate of drug-likeness (QED) is 0.588. The average molecular weight is 212 g/mol. The fraction of sp³-hybridized carbons (Fsp3) is 0.909. The minimum atomic E-state index is -0.281. The first-order chi connectivity index (χ1) is 7.24. The summed E-state index contributed by atoms with van der Waals surface area (Å²) in [4.78, 5) is 11.6. The third kappa shape index (κ3) is 2.92. The standard InChI is InChI=1S/C11H20N2O2/c14-8-11(5-1-6-11)13-10(15)4-7-12-9-2-3-9/h9,12,14H,1-8H2,(H,13,15). The second-order valence-electron chi connectivity index (χ2n) is 4.82. The van der Waals surface area contributed by atoms with Crippen LogP contribution in [0.2, 0.25) is 0 Å². The van der Waals surface area contributed by atoms with Gasteiger partial charge in [-0.15, -0.1) is 0 Å².